The van der Waals surface area contributed by atoms with Crippen molar-refractivity contribution < 1.29 is 23.9 Å². The highest BCUT2D eigenvalue weighted by Gasteiger charge is 2.43. The van der Waals surface area contributed by atoms with E-state index in [0.29, 0.717) is 22.6 Å². The molecular formula is C27H27N5O5. The Kier molecular flexibility index (Phi) is 7.83. The minimum absolute atomic E-state index is 0.0740. The number of esters is 1. The molecule has 10 heteroatoms. The van der Waals surface area contributed by atoms with E-state index in [0.717, 1.165) is 5.56 Å². The lowest BCUT2D eigenvalue weighted by atomic mass is 9.97. The Labute approximate surface area is 214 Å². The van der Waals surface area contributed by atoms with Gasteiger partial charge in [-0.1, -0.05) is 30.3 Å². The number of H-pyrrole nitrogens is 1. The number of aromatic nitrogens is 2. The average Bonchev–Trinajstić information content (AvgIpc) is 3.57. The minimum Gasteiger partial charge on any atom is -0.491 e. The molecule has 0 fully saturated rings. The van der Waals surface area contributed by atoms with E-state index < -0.39 is 30.0 Å². The van der Waals surface area contributed by atoms with Crippen LogP contribution in [-0.4, -0.2) is 58.5 Å². The SMILES string of the molecule is COC(=O)[C@H](Cc1cnc[nH]1)N(C(=O)C(Cc1ccccc1)NC(C)=O)[C@@H]1COc2ccc(C#N)cc21. The number of imidazole rings is 1. The summed E-state index contributed by atoms with van der Waals surface area (Å²) >= 11 is 0. The highest BCUT2D eigenvalue weighted by molar-refractivity contribution is 5.91. The smallest absolute Gasteiger partial charge is 0.329 e. The van der Waals surface area contributed by atoms with Gasteiger partial charge in [-0.05, 0) is 23.8 Å². The van der Waals surface area contributed by atoms with Crippen molar-refractivity contribution in [3.63, 3.8) is 0 Å². The number of methoxy groups -OCH3 is 1. The summed E-state index contributed by atoms with van der Waals surface area (Å²) in [6, 6.07) is 13.6. The van der Waals surface area contributed by atoms with Gasteiger partial charge in [0.2, 0.25) is 11.8 Å². The van der Waals surface area contributed by atoms with E-state index in [2.05, 4.69) is 21.4 Å². The van der Waals surface area contributed by atoms with Gasteiger partial charge in [-0.2, -0.15) is 5.26 Å². The summed E-state index contributed by atoms with van der Waals surface area (Å²) in [4.78, 5) is 48.0. The number of hydrogen-bond donors (Lipinski definition) is 2. The summed E-state index contributed by atoms with van der Waals surface area (Å²) in [7, 11) is 1.26. The topological polar surface area (TPSA) is 137 Å². The zero-order valence-corrected chi connectivity index (χ0v) is 20.5. The molecule has 1 unspecified atom stereocenters. The molecule has 190 valence electrons. The third kappa shape index (κ3) is 5.78. The summed E-state index contributed by atoms with van der Waals surface area (Å²) in [5, 5.41) is 12.2. The van der Waals surface area contributed by atoms with Gasteiger partial charge in [-0.25, -0.2) is 9.78 Å². The van der Waals surface area contributed by atoms with Crippen molar-refractivity contribution in [1.82, 2.24) is 20.2 Å². The van der Waals surface area contributed by atoms with Gasteiger partial charge in [0.1, 0.15) is 24.4 Å². The molecular weight excluding hydrogens is 474 g/mol. The molecule has 2 amide bonds. The minimum atomic E-state index is -1.06. The molecule has 0 bridgehead atoms. The van der Waals surface area contributed by atoms with Crippen LogP contribution < -0.4 is 10.1 Å². The van der Waals surface area contributed by atoms with Gasteiger partial charge in [-0.3, -0.25) is 9.59 Å². The van der Waals surface area contributed by atoms with Crippen LogP contribution in [0.15, 0.2) is 61.1 Å². The fourth-order valence-corrected chi connectivity index (χ4v) is 4.53. The van der Waals surface area contributed by atoms with Gasteiger partial charge in [0, 0.05) is 37.2 Å². The normalized spacial score (nSPS) is 15.4. The second-order valence-electron chi connectivity index (χ2n) is 8.70. The highest BCUT2D eigenvalue weighted by Crippen LogP contribution is 2.38. The Hall–Kier alpha value is -4.65. The van der Waals surface area contributed by atoms with Crippen LogP contribution in [0.3, 0.4) is 0 Å². The number of fused-ring (bicyclic) bond motifs is 1. The molecule has 1 aliphatic heterocycles. The van der Waals surface area contributed by atoms with Gasteiger partial charge in [-0.15, -0.1) is 0 Å². The maximum Gasteiger partial charge on any atom is 0.329 e. The van der Waals surface area contributed by atoms with E-state index in [9.17, 15) is 19.6 Å². The molecule has 1 aromatic heterocycles. The van der Waals surface area contributed by atoms with Crippen molar-refractivity contribution >= 4 is 17.8 Å². The predicted octanol–water partition coefficient (Wildman–Crippen LogP) is 2.08. The highest BCUT2D eigenvalue weighted by atomic mass is 16.5. The number of rotatable bonds is 9. The summed E-state index contributed by atoms with van der Waals surface area (Å²) in [6.45, 7) is 1.41. The Bertz CT molecular complexity index is 1300. The molecule has 2 heterocycles. The van der Waals surface area contributed by atoms with Crippen LogP contribution in [0, 0.1) is 11.3 Å². The van der Waals surface area contributed by atoms with E-state index in [1.54, 1.807) is 24.4 Å². The monoisotopic (exact) mass is 501 g/mol. The fraction of sp³-hybridized carbons (Fsp3) is 0.296. The number of ether oxygens (including phenoxy) is 2. The standard InChI is InChI=1S/C27H27N5O5/c1-17(33)31-22(11-18-6-4-3-5-7-18)26(34)32(23(27(35)36-2)12-20-14-29-16-30-20)24-15-37-25-9-8-19(13-28)10-21(24)25/h3-10,14,16,22-24H,11-12,15H2,1-2H3,(H,29,30)(H,31,33)/t22?,23-,24+/m0/s1. The van der Waals surface area contributed by atoms with Crippen molar-refractivity contribution in [1.29, 1.82) is 5.26 Å². The Balaban J connectivity index is 1.80. The molecule has 2 N–H and O–H groups in total. The van der Waals surface area contributed by atoms with Crippen molar-refractivity contribution in [3.8, 4) is 11.8 Å². The summed E-state index contributed by atoms with van der Waals surface area (Å²) < 4.78 is 11.0. The van der Waals surface area contributed by atoms with Crippen molar-refractivity contribution in [2.24, 2.45) is 0 Å². The van der Waals surface area contributed by atoms with Crippen molar-refractivity contribution in [2.45, 2.75) is 37.9 Å². The van der Waals surface area contributed by atoms with E-state index >= 15 is 0 Å². The van der Waals surface area contributed by atoms with Crippen LogP contribution in [0.2, 0.25) is 0 Å². The number of hydrogen-bond acceptors (Lipinski definition) is 7. The average molecular weight is 502 g/mol. The second-order valence-corrected chi connectivity index (χ2v) is 8.70. The van der Waals surface area contributed by atoms with Crippen LogP contribution in [-0.2, 0) is 32.0 Å². The van der Waals surface area contributed by atoms with Crippen LogP contribution in [0.4, 0.5) is 0 Å². The lowest BCUT2D eigenvalue weighted by Gasteiger charge is -2.36. The zero-order valence-electron chi connectivity index (χ0n) is 20.5. The molecule has 0 spiro atoms. The first-order valence-corrected chi connectivity index (χ1v) is 11.8. The molecule has 37 heavy (non-hydrogen) atoms. The van der Waals surface area contributed by atoms with Gasteiger partial charge in [0.15, 0.2) is 0 Å². The zero-order chi connectivity index (χ0) is 26.4. The first-order chi connectivity index (χ1) is 17.9. The molecule has 10 nitrogen and oxygen atoms in total. The van der Waals surface area contributed by atoms with Gasteiger partial charge < -0.3 is 24.7 Å². The van der Waals surface area contributed by atoms with Crippen molar-refractivity contribution in [2.75, 3.05) is 13.7 Å². The third-order valence-electron chi connectivity index (χ3n) is 6.22. The number of nitrogens with zero attached hydrogens (tertiary/aromatic N) is 3. The van der Waals surface area contributed by atoms with E-state index in [1.807, 2.05) is 30.3 Å². The largest absolute Gasteiger partial charge is 0.491 e. The Morgan fingerprint density at radius 1 is 1.24 bits per heavy atom. The Morgan fingerprint density at radius 2 is 2.03 bits per heavy atom. The molecule has 3 atom stereocenters. The number of nitriles is 1. The van der Waals surface area contributed by atoms with Crippen LogP contribution >= 0.6 is 0 Å². The number of amides is 2. The van der Waals surface area contributed by atoms with Gasteiger partial charge in [0.25, 0.3) is 0 Å². The van der Waals surface area contributed by atoms with Crippen LogP contribution in [0.5, 0.6) is 5.75 Å². The molecule has 0 saturated carbocycles. The van der Waals surface area contributed by atoms with Gasteiger partial charge >= 0.3 is 5.97 Å². The predicted molar refractivity (Wildman–Crippen MR) is 132 cm³/mol. The molecule has 1 aliphatic rings. The molecule has 4 rings (SSSR count). The number of carbonyl (C=O) groups is 3. The molecule has 0 saturated heterocycles. The lowest BCUT2D eigenvalue weighted by molar-refractivity contribution is -0.156. The van der Waals surface area contributed by atoms with E-state index in [1.165, 1.54) is 25.3 Å². The maximum absolute atomic E-state index is 14.3. The summed E-state index contributed by atoms with van der Waals surface area (Å²) in [5.41, 5.74) is 2.46. The molecule has 3 aromatic rings. The first kappa shape index (κ1) is 25.4. The van der Waals surface area contributed by atoms with E-state index in [4.69, 9.17) is 9.47 Å². The quantitative estimate of drug-likeness (QED) is 0.428. The van der Waals surface area contributed by atoms with E-state index in [-0.39, 0.29) is 25.4 Å². The van der Waals surface area contributed by atoms with Crippen LogP contribution in [0.1, 0.15) is 35.3 Å². The molecule has 0 aliphatic carbocycles. The molecule has 2 aromatic carbocycles. The Morgan fingerprint density at radius 3 is 2.68 bits per heavy atom. The second kappa shape index (κ2) is 11.4. The summed E-state index contributed by atoms with van der Waals surface area (Å²) in [6.07, 6.45) is 3.37. The van der Waals surface area contributed by atoms with Crippen molar-refractivity contribution in [3.05, 3.63) is 83.4 Å². The molecule has 0 radical (unpaired) electrons. The number of aromatic amines is 1. The third-order valence-corrected chi connectivity index (χ3v) is 6.22. The number of carbonyl (C=O) groups excluding carboxylic acids is 3. The first-order valence-electron chi connectivity index (χ1n) is 11.8. The fourth-order valence-electron chi connectivity index (χ4n) is 4.53. The lowest BCUT2D eigenvalue weighted by Crippen LogP contribution is -2.56. The number of benzene rings is 2. The summed E-state index contributed by atoms with van der Waals surface area (Å²) in [5.74, 6) is -0.967. The van der Waals surface area contributed by atoms with Gasteiger partial charge in [0.05, 0.1) is 31.1 Å². The maximum atomic E-state index is 14.3. The van der Waals surface area contributed by atoms with Crippen LogP contribution in [0.25, 0.3) is 0 Å². The number of nitrogens with one attached hydrogen (secondary N) is 2.